The van der Waals surface area contributed by atoms with Crippen LogP contribution in [0.2, 0.25) is 0 Å². The van der Waals surface area contributed by atoms with E-state index in [0.717, 1.165) is 44.0 Å². The Kier molecular flexibility index (Phi) is 5.57. The Morgan fingerprint density at radius 3 is 1.82 bits per heavy atom. The van der Waals surface area contributed by atoms with E-state index in [-0.39, 0.29) is 0 Å². The van der Waals surface area contributed by atoms with Gasteiger partial charge in [-0.2, -0.15) is 0 Å². The fraction of sp³-hybridized carbons (Fsp3) is 0. The SMILES string of the molecule is c1ccc(-c2coc3ccc4c5cc(-c6c7ccccc7c(-c7cccc8sc9ccccc9c78)c7ccccc67)ccc5oc4c23)cc1. The van der Waals surface area contributed by atoms with Gasteiger partial charge in [0.25, 0.3) is 0 Å². The largest absolute Gasteiger partial charge is 0.464 e. The lowest BCUT2D eigenvalue weighted by molar-refractivity contribution is 0.616. The van der Waals surface area contributed by atoms with Crippen molar-refractivity contribution in [2.75, 3.05) is 0 Å². The van der Waals surface area contributed by atoms with Gasteiger partial charge in [0.15, 0.2) is 0 Å². The predicted octanol–water partition coefficient (Wildman–Crippen LogP) is 14.0. The zero-order valence-corrected chi connectivity index (χ0v) is 27.1. The van der Waals surface area contributed by atoms with Gasteiger partial charge in [-0.15, -0.1) is 11.3 Å². The Bertz CT molecular complexity index is 3050. The first-order valence-corrected chi connectivity index (χ1v) is 17.4. The van der Waals surface area contributed by atoms with Crippen molar-refractivity contribution in [3.8, 4) is 33.4 Å². The highest BCUT2D eigenvalue weighted by Crippen LogP contribution is 2.49. The molecule has 0 unspecified atom stereocenters. The average Bonchev–Trinajstić information content (AvgIpc) is 3.87. The molecule has 0 atom stereocenters. The summed E-state index contributed by atoms with van der Waals surface area (Å²) in [5, 5.41) is 10.8. The summed E-state index contributed by atoms with van der Waals surface area (Å²) in [6, 6.07) is 54.6. The number of hydrogen-bond acceptors (Lipinski definition) is 3. The zero-order chi connectivity index (χ0) is 32.1. The standard InChI is InChI=1S/C46H26O2S/c1-2-11-27(12-3-1)37-26-47-39-24-22-33-36-25-28(21-23-38(36)48-46(33)45(37)39)42-29-13-4-6-15-31(29)43(32-16-7-5-14-30(32)42)35-18-10-20-41-44(35)34-17-8-9-19-40(34)49-41/h1-26H. The molecule has 0 fully saturated rings. The van der Waals surface area contributed by atoms with Crippen LogP contribution >= 0.6 is 11.3 Å². The van der Waals surface area contributed by atoms with Crippen molar-refractivity contribution in [1.29, 1.82) is 0 Å². The maximum atomic E-state index is 6.64. The van der Waals surface area contributed by atoms with Crippen molar-refractivity contribution >= 4 is 86.0 Å². The molecular formula is C46H26O2S. The summed E-state index contributed by atoms with van der Waals surface area (Å²) < 4.78 is 15.3. The minimum atomic E-state index is 0.826. The van der Waals surface area contributed by atoms with Crippen LogP contribution in [-0.4, -0.2) is 0 Å². The summed E-state index contributed by atoms with van der Waals surface area (Å²) in [5.41, 5.74) is 9.68. The van der Waals surface area contributed by atoms with Crippen LogP contribution in [0.15, 0.2) is 167 Å². The third-order valence-corrected chi connectivity index (χ3v) is 11.3. The van der Waals surface area contributed by atoms with Crippen LogP contribution in [0, 0.1) is 0 Å². The molecule has 0 saturated carbocycles. The van der Waals surface area contributed by atoms with Gasteiger partial charge in [-0.1, -0.05) is 115 Å². The first-order chi connectivity index (χ1) is 24.3. The molecule has 8 aromatic carbocycles. The molecular weight excluding hydrogens is 617 g/mol. The van der Waals surface area contributed by atoms with E-state index < -0.39 is 0 Å². The van der Waals surface area contributed by atoms with Crippen molar-refractivity contribution in [2.45, 2.75) is 0 Å². The normalized spacial score (nSPS) is 12.1. The van der Waals surface area contributed by atoms with Gasteiger partial charge in [-0.25, -0.2) is 0 Å². The van der Waals surface area contributed by atoms with Crippen LogP contribution in [0.3, 0.4) is 0 Å². The van der Waals surface area contributed by atoms with Gasteiger partial charge < -0.3 is 8.83 Å². The molecule has 228 valence electrons. The van der Waals surface area contributed by atoms with Crippen LogP contribution in [0.1, 0.15) is 0 Å². The van der Waals surface area contributed by atoms with Crippen molar-refractivity contribution < 1.29 is 8.83 Å². The quantitative estimate of drug-likeness (QED) is 0.179. The molecule has 0 N–H and O–H groups in total. The summed E-state index contributed by atoms with van der Waals surface area (Å²) in [5.74, 6) is 0. The molecule has 49 heavy (non-hydrogen) atoms. The summed E-state index contributed by atoms with van der Waals surface area (Å²) in [6.07, 6.45) is 1.84. The third kappa shape index (κ3) is 3.82. The number of furan rings is 2. The molecule has 0 aliphatic carbocycles. The summed E-state index contributed by atoms with van der Waals surface area (Å²) >= 11 is 1.87. The van der Waals surface area contributed by atoms with E-state index in [2.05, 4.69) is 146 Å². The molecule has 0 radical (unpaired) electrons. The lowest BCUT2D eigenvalue weighted by atomic mass is 9.85. The number of benzene rings is 8. The zero-order valence-electron chi connectivity index (χ0n) is 26.2. The van der Waals surface area contributed by atoms with Crippen molar-refractivity contribution in [3.05, 3.63) is 158 Å². The van der Waals surface area contributed by atoms with Crippen LogP contribution < -0.4 is 0 Å². The Balaban J connectivity index is 1.20. The topological polar surface area (TPSA) is 26.3 Å². The molecule has 0 spiro atoms. The highest BCUT2D eigenvalue weighted by atomic mass is 32.1. The molecule has 0 aliphatic heterocycles. The molecule has 0 amide bonds. The fourth-order valence-electron chi connectivity index (χ4n) is 8.05. The van der Waals surface area contributed by atoms with E-state index in [0.29, 0.717) is 0 Å². The van der Waals surface area contributed by atoms with Gasteiger partial charge in [0.05, 0.1) is 11.6 Å². The highest BCUT2D eigenvalue weighted by molar-refractivity contribution is 7.25. The minimum Gasteiger partial charge on any atom is -0.464 e. The van der Waals surface area contributed by atoms with E-state index in [9.17, 15) is 0 Å². The molecule has 0 aliphatic rings. The smallest absolute Gasteiger partial charge is 0.147 e. The highest BCUT2D eigenvalue weighted by Gasteiger charge is 2.21. The van der Waals surface area contributed by atoms with Crippen LogP contribution in [0.5, 0.6) is 0 Å². The van der Waals surface area contributed by atoms with Crippen molar-refractivity contribution in [3.63, 3.8) is 0 Å². The first kappa shape index (κ1) is 26.9. The molecule has 0 saturated heterocycles. The van der Waals surface area contributed by atoms with Gasteiger partial charge in [0.2, 0.25) is 0 Å². The van der Waals surface area contributed by atoms with Gasteiger partial charge in [-0.05, 0) is 85.8 Å². The van der Waals surface area contributed by atoms with Gasteiger partial charge in [0, 0.05) is 36.5 Å². The van der Waals surface area contributed by atoms with Crippen LogP contribution in [0.25, 0.3) is 108 Å². The Morgan fingerprint density at radius 1 is 0.388 bits per heavy atom. The fourth-order valence-corrected chi connectivity index (χ4v) is 9.19. The number of hydrogen-bond donors (Lipinski definition) is 0. The Hall–Kier alpha value is -6.16. The summed E-state index contributed by atoms with van der Waals surface area (Å²) in [7, 11) is 0. The molecule has 2 nitrogen and oxygen atoms in total. The molecule has 11 rings (SSSR count). The van der Waals surface area contributed by atoms with Gasteiger partial charge in [-0.3, -0.25) is 0 Å². The minimum absolute atomic E-state index is 0.826. The van der Waals surface area contributed by atoms with Crippen LogP contribution in [-0.2, 0) is 0 Å². The predicted molar refractivity (Wildman–Crippen MR) is 208 cm³/mol. The van der Waals surface area contributed by atoms with E-state index in [4.69, 9.17) is 8.83 Å². The van der Waals surface area contributed by atoms with Crippen molar-refractivity contribution in [1.82, 2.24) is 0 Å². The number of thiophene rings is 1. The Morgan fingerprint density at radius 2 is 1.04 bits per heavy atom. The number of fused-ring (bicyclic) bond motifs is 10. The lowest BCUT2D eigenvalue weighted by Gasteiger charge is -2.18. The summed E-state index contributed by atoms with van der Waals surface area (Å²) in [4.78, 5) is 0. The Labute approximate surface area is 285 Å². The molecule has 3 heteroatoms. The monoisotopic (exact) mass is 642 g/mol. The van der Waals surface area contributed by atoms with E-state index in [1.807, 2.05) is 23.7 Å². The first-order valence-electron chi connectivity index (χ1n) is 16.6. The van der Waals surface area contributed by atoms with Gasteiger partial charge >= 0.3 is 0 Å². The molecule has 11 aromatic rings. The van der Waals surface area contributed by atoms with Gasteiger partial charge in [0.1, 0.15) is 16.7 Å². The van der Waals surface area contributed by atoms with Crippen LogP contribution in [0.4, 0.5) is 0 Å². The molecule has 3 aromatic heterocycles. The average molecular weight is 643 g/mol. The second-order valence-corrected chi connectivity index (χ2v) is 13.8. The van der Waals surface area contributed by atoms with Crippen molar-refractivity contribution in [2.24, 2.45) is 0 Å². The lowest BCUT2D eigenvalue weighted by Crippen LogP contribution is -1.91. The molecule has 3 heterocycles. The maximum absolute atomic E-state index is 6.64. The van der Waals surface area contributed by atoms with E-state index >= 15 is 0 Å². The maximum Gasteiger partial charge on any atom is 0.147 e. The second-order valence-electron chi connectivity index (χ2n) is 12.8. The van der Waals surface area contributed by atoms with E-state index in [1.165, 1.54) is 64.0 Å². The van der Waals surface area contributed by atoms with E-state index in [1.54, 1.807) is 0 Å². The summed E-state index contributed by atoms with van der Waals surface area (Å²) in [6.45, 7) is 0. The second kappa shape index (κ2) is 10.2. The molecule has 0 bridgehead atoms. The number of rotatable bonds is 3. The third-order valence-electron chi connectivity index (χ3n) is 10.2.